The molecule has 2 aromatic rings. The summed E-state index contributed by atoms with van der Waals surface area (Å²) in [5, 5.41) is 5.98. The number of nitrogens with zero attached hydrogens (tertiary/aromatic N) is 1. The monoisotopic (exact) mass is 287 g/mol. The number of hydrogen-bond donors (Lipinski definition) is 2. The molecule has 1 amide bonds. The van der Waals surface area contributed by atoms with Crippen LogP contribution in [0.1, 0.15) is 19.8 Å². The number of H-pyrrole nitrogens is 1. The van der Waals surface area contributed by atoms with Crippen LogP contribution in [0.3, 0.4) is 0 Å². The van der Waals surface area contributed by atoms with Crippen LogP contribution in [-0.4, -0.2) is 21.7 Å². The summed E-state index contributed by atoms with van der Waals surface area (Å²) < 4.78 is 1.07. The predicted octanol–water partition coefficient (Wildman–Crippen LogP) is 0.604. The Morgan fingerprint density at radius 2 is 2.00 bits per heavy atom. The first-order valence-corrected chi connectivity index (χ1v) is 7.07. The zero-order valence-corrected chi connectivity index (χ0v) is 11.8. The largest absolute Gasteiger partial charge is 0.352 e. The first-order valence-electron chi connectivity index (χ1n) is 7.07. The van der Waals surface area contributed by atoms with Gasteiger partial charge in [-0.3, -0.25) is 19.5 Å². The molecule has 0 aliphatic heterocycles. The molecule has 1 atom stereocenters. The van der Waals surface area contributed by atoms with E-state index in [0.717, 1.165) is 17.5 Å². The second-order valence-corrected chi connectivity index (χ2v) is 5.57. The van der Waals surface area contributed by atoms with Crippen molar-refractivity contribution < 1.29 is 4.79 Å². The van der Waals surface area contributed by atoms with E-state index in [1.54, 1.807) is 24.3 Å². The maximum absolute atomic E-state index is 12.3. The Labute approximate surface area is 120 Å². The van der Waals surface area contributed by atoms with Crippen LogP contribution in [0.4, 0.5) is 0 Å². The molecule has 1 aliphatic rings. The molecule has 1 aromatic carbocycles. The highest BCUT2D eigenvalue weighted by Crippen LogP contribution is 2.32. The van der Waals surface area contributed by atoms with E-state index < -0.39 is 0 Å². The third-order valence-corrected chi connectivity index (χ3v) is 3.90. The molecule has 2 N–H and O–H groups in total. The summed E-state index contributed by atoms with van der Waals surface area (Å²) in [7, 11) is 0. The van der Waals surface area contributed by atoms with Crippen molar-refractivity contribution >= 4 is 16.7 Å². The summed E-state index contributed by atoms with van der Waals surface area (Å²) in [6, 6.07) is 6.69. The molecule has 1 fully saturated rings. The molecular formula is C15H17N3O3. The van der Waals surface area contributed by atoms with E-state index in [1.165, 1.54) is 0 Å². The summed E-state index contributed by atoms with van der Waals surface area (Å²) in [5.74, 6) is 0.281. The molecule has 0 spiro atoms. The van der Waals surface area contributed by atoms with Crippen LogP contribution in [0.5, 0.6) is 0 Å². The summed E-state index contributed by atoms with van der Waals surface area (Å²) in [6.45, 7) is 1.79. The first-order chi connectivity index (χ1) is 10.1. The van der Waals surface area contributed by atoms with Gasteiger partial charge in [-0.25, -0.2) is 4.68 Å². The molecule has 0 saturated heterocycles. The van der Waals surface area contributed by atoms with Crippen LogP contribution >= 0.6 is 0 Å². The van der Waals surface area contributed by atoms with Gasteiger partial charge in [-0.2, -0.15) is 0 Å². The Kier molecular flexibility index (Phi) is 3.37. The Bertz CT molecular complexity index is 802. The highest BCUT2D eigenvalue weighted by molar-refractivity contribution is 5.81. The molecule has 1 aromatic heterocycles. The fourth-order valence-electron chi connectivity index (χ4n) is 2.52. The number of aromatic amines is 1. The molecule has 6 heteroatoms. The third-order valence-electron chi connectivity index (χ3n) is 3.90. The Balaban J connectivity index is 1.87. The Hall–Kier alpha value is -2.37. The minimum atomic E-state index is -0.367. The number of rotatable bonds is 4. The average molecular weight is 287 g/mol. The Morgan fingerprint density at radius 1 is 1.33 bits per heavy atom. The maximum Gasteiger partial charge on any atom is 0.273 e. The molecule has 1 saturated carbocycles. The van der Waals surface area contributed by atoms with Gasteiger partial charge in [0.25, 0.3) is 11.1 Å². The SMILES string of the molecule is C[C@H](NC(=O)Cn1[nH]c(=O)c2ccccc2c1=O)C1CC1. The normalized spacial score (nSPS) is 15.9. The standard InChI is InChI=1S/C15H17N3O3/c1-9(10-6-7-10)16-13(19)8-18-15(21)12-5-3-2-4-11(12)14(20)17-18/h2-5,9-10H,6-8H2,1H3,(H,16,19)(H,17,20)/t9-/m0/s1. The number of amides is 1. The lowest BCUT2D eigenvalue weighted by Gasteiger charge is -2.13. The summed E-state index contributed by atoms with van der Waals surface area (Å²) in [5.41, 5.74) is -0.729. The number of nitrogens with one attached hydrogen (secondary N) is 2. The Morgan fingerprint density at radius 3 is 2.67 bits per heavy atom. The molecule has 3 rings (SSSR count). The highest BCUT2D eigenvalue weighted by atomic mass is 16.2. The number of carbonyl (C=O) groups excluding carboxylic acids is 1. The number of hydrogen-bond acceptors (Lipinski definition) is 3. The fourth-order valence-corrected chi connectivity index (χ4v) is 2.52. The summed E-state index contributed by atoms with van der Waals surface area (Å²) in [6.07, 6.45) is 2.27. The van der Waals surface area contributed by atoms with Crippen molar-refractivity contribution in [2.75, 3.05) is 0 Å². The lowest BCUT2D eigenvalue weighted by atomic mass is 10.2. The van der Waals surface area contributed by atoms with Gasteiger partial charge in [0.05, 0.1) is 10.8 Å². The lowest BCUT2D eigenvalue weighted by Crippen LogP contribution is -2.40. The molecule has 0 unspecified atom stereocenters. The molecule has 0 bridgehead atoms. The molecule has 1 heterocycles. The number of fused-ring (bicyclic) bond motifs is 1. The molecule has 0 radical (unpaired) electrons. The zero-order chi connectivity index (χ0) is 15.0. The number of aromatic nitrogens is 2. The summed E-state index contributed by atoms with van der Waals surface area (Å²) >= 11 is 0. The summed E-state index contributed by atoms with van der Waals surface area (Å²) in [4.78, 5) is 36.1. The zero-order valence-electron chi connectivity index (χ0n) is 11.8. The molecule has 1 aliphatic carbocycles. The van der Waals surface area contributed by atoms with Gasteiger partial charge < -0.3 is 5.32 Å². The van der Waals surface area contributed by atoms with Crippen molar-refractivity contribution in [3.8, 4) is 0 Å². The van der Waals surface area contributed by atoms with E-state index in [0.29, 0.717) is 16.7 Å². The van der Waals surface area contributed by atoms with Crippen molar-refractivity contribution in [2.45, 2.75) is 32.4 Å². The molecule has 21 heavy (non-hydrogen) atoms. The van der Waals surface area contributed by atoms with Crippen molar-refractivity contribution in [1.29, 1.82) is 0 Å². The third kappa shape index (κ3) is 2.74. The minimum absolute atomic E-state index is 0.111. The maximum atomic E-state index is 12.3. The van der Waals surface area contributed by atoms with Crippen LogP contribution in [0, 0.1) is 5.92 Å². The van der Waals surface area contributed by atoms with Crippen molar-refractivity contribution in [1.82, 2.24) is 15.1 Å². The van der Waals surface area contributed by atoms with Gasteiger partial charge in [0, 0.05) is 6.04 Å². The van der Waals surface area contributed by atoms with Gasteiger partial charge in [-0.15, -0.1) is 0 Å². The van der Waals surface area contributed by atoms with Crippen molar-refractivity contribution in [3.05, 3.63) is 45.0 Å². The fraction of sp³-hybridized carbons (Fsp3) is 0.400. The van der Waals surface area contributed by atoms with Gasteiger partial charge in [-0.1, -0.05) is 12.1 Å². The van der Waals surface area contributed by atoms with Gasteiger partial charge in [-0.05, 0) is 37.8 Å². The second kappa shape index (κ2) is 5.20. The van der Waals surface area contributed by atoms with Gasteiger partial charge in [0.15, 0.2) is 0 Å². The van der Waals surface area contributed by atoms with Crippen molar-refractivity contribution in [3.63, 3.8) is 0 Å². The molecule has 110 valence electrons. The van der Waals surface area contributed by atoms with Crippen LogP contribution in [0.25, 0.3) is 10.8 Å². The number of benzene rings is 1. The minimum Gasteiger partial charge on any atom is -0.352 e. The second-order valence-electron chi connectivity index (χ2n) is 5.57. The van der Waals surface area contributed by atoms with E-state index >= 15 is 0 Å². The van der Waals surface area contributed by atoms with Crippen LogP contribution in [0.15, 0.2) is 33.9 Å². The van der Waals surface area contributed by atoms with E-state index in [2.05, 4.69) is 10.4 Å². The van der Waals surface area contributed by atoms with Gasteiger partial charge in [0.1, 0.15) is 6.54 Å². The van der Waals surface area contributed by atoms with E-state index in [9.17, 15) is 14.4 Å². The van der Waals surface area contributed by atoms with Crippen molar-refractivity contribution in [2.24, 2.45) is 5.92 Å². The topological polar surface area (TPSA) is 84.0 Å². The van der Waals surface area contributed by atoms with Crippen LogP contribution < -0.4 is 16.4 Å². The number of carbonyl (C=O) groups is 1. The first kappa shape index (κ1) is 13.6. The smallest absolute Gasteiger partial charge is 0.273 e. The van der Waals surface area contributed by atoms with Crippen LogP contribution in [0.2, 0.25) is 0 Å². The van der Waals surface area contributed by atoms with Crippen LogP contribution in [-0.2, 0) is 11.3 Å². The van der Waals surface area contributed by atoms with Gasteiger partial charge in [0.2, 0.25) is 5.91 Å². The van der Waals surface area contributed by atoms with E-state index in [-0.39, 0.29) is 29.6 Å². The van der Waals surface area contributed by atoms with Gasteiger partial charge >= 0.3 is 0 Å². The quantitative estimate of drug-likeness (QED) is 0.864. The predicted molar refractivity (Wildman–Crippen MR) is 79.2 cm³/mol. The van der Waals surface area contributed by atoms with E-state index in [4.69, 9.17) is 0 Å². The highest BCUT2D eigenvalue weighted by Gasteiger charge is 2.28. The lowest BCUT2D eigenvalue weighted by molar-refractivity contribution is -0.122. The van der Waals surface area contributed by atoms with E-state index in [1.807, 2.05) is 6.92 Å². The molecular weight excluding hydrogens is 270 g/mol. The average Bonchev–Trinajstić information content (AvgIpc) is 3.29. The molecule has 6 nitrogen and oxygen atoms in total.